The molecule has 0 saturated heterocycles. The highest BCUT2D eigenvalue weighted by atomic mass is 16.6. The number of aliphatic carboxylic acids is 3. The van der Waals surface area contributed by atoms with E-state index in [0.29, 0.717) is 6.08 Å². The third-order valence-electron chi connectivity index (χ3n) is 5.22. The van der Waals surface area contributed by atoms with E-state index in [2.05, 4.69) is 0 Å². The molecule has 2 atom stereocenters. The Bertz CT molecular complexity index is 1220. The van der Waals surface area contributed by atoms with Crippen LogP contribution in [0.4, 0.5) is 0 Å². The molecule has 1 aliphatic carbocycles. The van der Waals surface area contributed by atoms with E-state index in [1.165, 1.54) is 12.2 Å². The summed E-state index contributed by atoms with van der Waals surface area (Å²) in [5.41, 5.74) is -8.67. The van der Waals surface area contributed by atoms with Crippen molar-refractivity contribution < 1.29 is 72.6 Å². The number of allylic oxidation sites excluding steroid dienone is 1. The van der Waals surface area contributed by atoms with Gasteiger partial charge in [-0.1, -0.05) is 0 Å². The number of hydrogen-bond donors (Lipinski definition) is 3. The minimum Gasteiger partial charge on any atom is -0.497 e. The molecule has 0 bridgehead atoms. The topological polar surface area (TPSA) is 226 Å². The molecular formula is C23H22O15. The molecule has 0 radical (unpaired) electrons. The first kappa shape index (κ1) is 29.3. The maximum atomic E-state index is 13.3. The number of esters is 4. The Morgan fingerprint density at radius 2 is 1.58 bits per heavy atom. The Balaban J connectivity index is 3.07. The first-order valence-electron chi connectivity index (χ1n) is 10.5. The SMILES string of the molecule is CC(=O)OCC1(C(=O)O)C(CC(=O)O)=C(C(=O)OC2=CCOC=C2)C(OC(C)=O)=CC1(OC(C)=O)C(=O)O. The summed E-state index contributed by atoms with van der Waals surface area (Å²) >= 11 is 0. The molecule has 0 aromatic heterocycles. The molecular weight excluding hydrogens is 516 g/mol. The van der Waals surface area contributed by atoms with Gasteiger partial charge in [0.1, 0.15) is 30.3 Å². The van der Waals surface area contributed by atoms with Crippen molar-refractivity contribution >= 4 is 41.8 Å². The van der Waals surface area contributed by atoms with Crippen LogP contribution in [0.25, 0.3) is 0 Å². The highest BCUT2D eigenvalue weighted by molar-refractivity contribution is 6.04. The van der Waals surface area contributed by atoms with Gasteiger partial charge in [0.2, 0.25) is 0 Å². The zero-order valence-electron chi connectivity index (χ0n) is 20.2. The van der Waals surface area contributed by atoms with Crippen LogP contribution in [0.1, 0.15) is 27.2 Å². The minimum atomic E-state index is -3.38. The molecule has 38 heavy (non-hydrogen) atoms. The number of carbonyl (C=O) groups excluding carboxylic acids is 4. The van der Waals surface area contributed by atoms with E-state index < -0.39 is 82.7 Å². The number of carboxylic acid groups (broad SMARTS) is 3. The monoisotopic (exact) mass is 538 g/mol. The molecule has 3 N–H and O–H groups in total. The summed E-state index contributed by atoms with van der Waals surface area (Å²) in [5, 5.41) is 30.2. The summed E-state index contributed by atoms with van der Waals surface area (Å²) in [7, 11) is 0. The van der Waals surface area contributed by atoms with Crippen LogP contribution >= 0.6 is 0 Å². The largest absolute Gasteiger partial charge is 0.497 e. The maximum Gasteiger partial charge on any atom is 0.354 e. The lowest BCUT2D eigenvalue weighted by Crippen LogP contribution is -2.64. The van der Waals surface area contributed by atoms with Gasteiger partial charge in [0.05, 0.1) is 12.7 Å². The predicted molar refractivity (Wildman–Crippen MR) is 117 cm³/mol. The number of ether oxygens (including phenoxy) is 5. The molecule has 1 aliphatic heterocycles. The Kier molecular flexibility index (Phi) is 8.79. The molecule has 0 amide bonds. The molecule has 15 nitrogen and oxygen atoms in total. The smallest absolute Gasteiger partial charge is 0.354 e. The molecule has 0 aromatic rings. The molecule has 2 unspecified atom stereocenters. The van der Waals surface area contributed by atoms with Gasteiger partial charge in [-0.05, 0) is 11.6 Å². The van der Waals surface area contributed by atoms with Gasteiger partial charge in [-0.3, -0.25) is 24.0 Å². The van der Waals surface area contributed by atoms with Gasteiger partial charge >= 0.3 is 41.8 Å². The van der Waals surface area contributed by atoms with Gasteiger partial charge < -0.3 is 39.0 Å². The Labute approximate surface area is 213 Å². The second-order valence-electron chi connectivity index (χ2n) is 7.78. The van der Waals surface area contributed by atoms with Gasteiger partial charge in [0, 0.05) is 32.9 Å². The average molecular weight is 538 g/mol. The fourth-order valence-corrected chi connectivity index (χ4v) is 3.80. The summed E-state index contributed by atoms with van der Waals surface area (Å²) in [6, 6.07) is 0. The number of rotatable bonds is 10. The summed E-state index contributed by atoms with van der Waals surface area (Å²) in [6.45, 7) is 0.948. The Hall–Kier alpha value is -4.95. The zero-order valence-corrected chi connectivity index (χ0v) is 20.2. The summed E-state index contributed by atoms with van der Waals surface area (Å²) in [4.78, 5) is 86.3. The molecule has 0 aromatic carbocycles. The van der Waals surface area contributed by atoms with Gasteiger partial charge in [-0.15, -0.1) is 0 Å². The van der Waals surface area contributed by atoms with Crippen molar-refractivity contribution in [2.75, 3.05) is 13.2 Å². The van der Waals surface area contributed by atoms with Gasteiger partial charge in [-0.2, -0.15) is 0 Å². The van der Waals surface area contributed by atoms with Crippen LogP contribution in [0.2, 0.25) is 0 Å². The van der Waals surface area contributed by atoms with Crippen molar-refractivity contribution in [3.8, 4) is 0 Å². The molecule has 15 heteroatoms. The van der Waals surface area contributed by atoms with Gasteiger partial charge in [0.25, 0.3) is 5.60 Å². The van der Waals surface area contributed by atoms with E-state index in [4.69, 9.17) is 23.7 Å². The van der Waals surface area contributed by atoms with Crippen molar-refractivity contribution in [3.05, 3.63) is 47.2 Å². The highest BCUT2D eigenvalue weighted by Gasteiger charge is 2.70. The molecule has 0 spiro atoms. The fraction of sp³-hybridized carbons (Fsp3) is 0.348. The molecule has 1 heterocycles. The summed E-state index contributed by atoms with van der Waals surface area (Å²) < 4.78 is 24.8. The lowest BCUT2D eigenvalue weighted by Gasteiger charge is -2.45. The van der Waals surface area contributed by atoms with E-state index >= 15 is 0 Å². The quantitative estimate of drug-likeness (QED) is 0.249. The van der Waals surface area contributed by atoms with Crippen LogP contribution in [0.15, 0.2) is 47.2 Å². The molecule has 2 aliphatic rings. The Morgan fingerprint density at radius 1 is 0.921 bits per heavy atom. The van der Waals surface area contributed by atoms with Crippen molar-refractivity contribution in [3.63, 3.8) is 0 Å². The third kappa shape index (κ3) is 5.71. The predicted octanol–water partition coefficient (Wildman–Crippen LogP) is 0.210. The standard InChI is InChI=1S/C23H22O15/c1-11(24)35-10-22(20(30)31)15(8-17(27)28)18(19(29)37-14-4-6-34-7-5-14)16(36-12(2)25)9-23(22,21(32)33)38-13(3)26/h4-6,9H,7-8,10H2,1-3H3,(H,27,28)(H,30,31)(H,32,33). The molecule has 2 rings (SSSR count). The first-order valence-corrected chi connectivity index (χ1v) is 10.5. The van der Waals surface area contributed by atoms with Gasteiger partial charge in [-0.25, -0.2) is 9.59 Å². The lowest BCUT2D eigenvalue weighted by atomic mass is 9.61. The van der Waals surface area contributed by atoms with Crippen LogP contribution in [0.3, 0.4) is 0 Å². The second-order valence-corrected chi connectivity index (χ2v) is 7.78. The third-order valence-corrected chi connectivity index (χ3v) is 5.22. The van der Waals surface area contributed by atoms with E-state index in [0.717, 1.165) is 27.0 Å². The van der Waals surface area contributed by atoms with Crippen LogP contribution in [-0.4, -0.2) is 75.9 Å². The van der Waals surface area contributed by atoms with Gasteiger partial charge in [0.15, 0.2) is 5.41 Å². The second kappa shape index (κ2) is 11.4. The molecule has 204 valence electrons. The summed E-state index contributed by atoms with van der Waals surface area (Å²) in [6.07, 6.45) is 2.56. The minimum absolute atomic E-state index is 0.0348. The zero-order chi connectivity index (χ0) is 28.8. The molecule has 0 saturated carbocycles. The summed E-state index contributed by atoms with van der Waals surface area (Å²) in [5.74, 6) is -12.3. The lowest BCUT2D eigenvalue weighted by molar-refractivity contribution is -0.197. The molecule has 0 fully saturated rings. The normalized spacial score (nSPS) is 22.2. The number of carboxylic acids is 3. The van der Waals surface area contributed by atoms with E-state index in [1.54, 1.807) is 0 Å². The van der Waals surface area contributed by atoms with Crippen molar-refractivity contribution in [2.45, 2.75) is 32.8 Å². The first-order chi connectivity index (χ1) is 17.7. The highest BCUT2D eigenvalue weighted by Crippen LogP contribution is 2.52. The number of hydrogen-bond acceptors (Lipinski definition) is 12. The Morgan fingerprint density at radius 3 is 2.03 bits per heavy atom. The van der Waals surface area contributed by atoms with E-state index in [9.17, 15) is 48.9 Å². The van der Waals surface area contributed by atoms with Crippen molar-refractivity contribution in [1.82, 2.24) is 0 Å². The number of carbonyl (C=O) groups is 7. The van der Waals surface area contributed by atoms with Crippen LogP contribution < -0.4 is 0 Å². The van der Waals surface area contributed by atoms with Crippen LogP contribution in [-0.2, 0) is 57.2 Å². The van der Waals surface area contributed by atoms with Crippen molar-refractivity contribution in [1.29, 1.82) is 0 Å². The maximum absolute atomic E-state index is 13.3. The van der Waals surface area contributed by atoms with Crippen LogP contribution in [0.5, 0.6) is 0 Å². The fourth-order valence-electron chi connectivity index (χ4n) is 3.80. The van der Waals surface area contributed by atoms with E-state index in [-0.39, 0.29) is 12.4 Å². The van der Waals surface area contributed by atoms with Crippen LogP contribution in [0, 0.1) is 5.41 Å². The average Bonchev–Trinajstić information content (AvgIpc) is 2.77. The van der Waals surface area contributed by atoms with Crippen molar-refractivity contribution in [2.24, 2.45) is 5.41 Å². The van der Waals surface area contributed by atoms with E-state index in [1.807, 2.05) is 0 Å².